The van der Waals surface area contributed by atoms with Gasteiger partial charge in [-0.25, -0.2) is 4.79 Å². The Hall–Kier alpha value is -4.27. The van der Waals surface area contributed by atoms with Gasteiger partial charge in [0.05, 0.1) is 54.4 Å². The first-order chi connectivity index (χ1) is 18.0. The summed E-state index contributed by atoms with van der Waals surface area (Å²) >= 11 is 0. The van der Waals surface area contributed by atoms with Gasteiger partial charge in [0.25, 0.3) is 0 Å². The number of nitrogens with zero attached hydrogens (tertiary/aromatic N) is 1. The van der Waals surface area contributed by atoms with E-state index < -0.39 is 6.04 Å². The summed E-state index contributed by atoms with van der Waals surface area (Å²) in [5.41, 5.74) is 3.41. The van der Waals surface area contributed by atoms with Crippen LogP contribution >= 0.6 is 0 Å². The zero-order valence-electron chi connectivity index (χ0n) is 21.9. The first-order valence-corrected chi connectivity index (χ1v) is 11.7. The van der Waals surface area contributed by atoms with Crippen LogP contribution in [0.1, 0.15) is 22.7 Å². The summed E-state index contributed by atoms with van der Waals surface area (Å²) in [6, 6.07) is 14.1. The van der Waals surface area contributed by atoms with Gasteiger partial charge < -0.3 is 38.6 Å². The van der Waals surface area contributed by atoms with Crippen LogP contribution in [0.3, 0.4) is 0 Å². The molecule has 0 bridgehead atoms. The Morgan fingerprint density at radius 3 is 2.03 bits per heavy atom. The minimum Gasteiger partial charge on any atom is -0.497 e. The average molecular weight is 509 g/mol. The molecule has 0 spiro atoms. The van der Waals surface area contributed by atoms with E-state index in [4.69, 9.17) is 28.4 Å². The molecule has 0 aliphatic carbocycles. The Labute approximate surface area is 216 Å². The predicted octanol–water partition coefficient (Wildman–Crippen LogP) is 4.92. The lowest BCUT2D eigenvalue weighted by Crippen LogP contribution is -2.43. The highest BCUT2D eigenvalue weighted by molar-refractivity contribution is 5.92. The molecule has 1 aliphatic rings. The van der Waals surface area contributed by atoms with Crippen molar-refractivity contribution in [2.24, 2.45) is 0 Å². The van der Waals surface area contributed by atoms with Crippen LogP contribution in [0.2, 0.25) is 0 Å². The molecule has 196 valence electrons. The number of amides is 2. The van der Waals surface area contributed by atoms with Gasteiger partial charge in [0.15, 0.2) is 23.0 Å². The average Bonchev–Trinajstić information content (AvgIpc) is 2.95. The van der Waals surface area contributed by atoms with E-state index in [1.165, 1.54) is 0 Å². The van der Waals surface area contributed by atoms with Crippen molar-refractivity contribution in [3.63, 3.8) is 0 Å². The van der Waals surface area contributed by atoms with Crippen molar-refractivity contribution in [3.8, 4) is 34.5 Å². The van der Waals surface area contributed by atoms with Crippen molar-refractivity contribution in [1.29, 1.82) is 0 Å². The lowest BCUT2D eigenvalue weighted by Gasteiger charge is -2.38. The van der Waals surface area contributed by atoms with Gasteiger partial charge in [-0.15, -0.1) is 0 Å². The maximum absolute atomic E-state index is 13.8. The number of benzene rings is 3. The van der Waals surface area contributed by atoms with Gasteiger partial charge in [-0.1, -0.05) is 6.07 Å². The molecule has 9 nitrogen and oxygen atoms in total. The van der Waals surface area contributed by atoms with Gasteiger partial charge in [-0.05, 0) is 59.5 Å². The van der Waals surface area contributed by atoms with Crippen LogP contribution in [0.4, 0.5) is 10.5 Å². The molecule has 1 N–H and O–H groups in total. The maximum atomic E-state index is 13.8. The Balaban J connectivity index is 1.79. The Morgan fingerprint density at radius 1 is 0.730 bits per heavy atom. The third-order valence-corrected chi connectivity index (χ3v) is 6.51. The molecule has 4 rings (SSSR count). The highest BCUT2D eigenvalue weighted by Crippen LogP contribution is 2.43. The van der Waals surface area contributed by atoms with E-state index in [-0.39, 0.29) is 6.03 Å². The number of carbonyl (C=O) groups excluding carboxylic acids is 1. The van der Waals surface area contributed by atoms with E-state index in [2.05, 4.69) is 5.32 Å². The van der Waals surface area contributed by atoms with Crippen LogP contribution in [0.25, 0.3) is 0 Å². The van der Waals surface area contributed by atoms with Gasteiger partial charge in [0, 0.05) is 12.6 Å². The van der Waals surface area contributed by atoms with E-state index in [1.54, 1.807) is 65.8 Å². The lowest BCUT2D eigenvalue weighted by atomic mass is 9.87. The van der Waals surface area contributed by atoms with Crippen LogP contribution in [-0.4, -0.2) is 60.1 Å². The summed E-state index contributed by atoms with van der Waals surface area (Å²) < 4.78 is 32.9. The first kappa shape index (κ1) is 25.8. The van der Waals surface area contributed by atoms with Crippen molar-refractivity contribution in [2.45, 2.75) is 12.5 Å². The maximum Gasteiger partial charge on any atom is 0.322 e. The Bertz CT molecular complexity index is 1280. The number of anilines is 1. The smallest absolute Gasteiger partial charge is 0.322 e. The SMILES string of the molecule is COc1ccc(NC(=O)N2CCc3cc(OC)c(OC)cc3[C@H]2c2ccc(OC)c(OC)c2)c(OC)c1. The standard InChI is InChI=1S/C28H32N2O7/c1-32-19-8-9-21(23(15-19)34-3)29-28(31)30-12-11-17-13-25(36-5)26(37-6)16-20(17)27(30)18-7-10-22(33-2)24(14-18)35-4/h7-10,13-16,27H,11-12H2,1-6H3,(H,29,31)/t27-/m1/s1. The number of nitrogens with one attached hydrogen (secondary N) is 1. The topological polar surface area (TPSA) is 87.7 Å². The monoisotopic (exact) mass is 508 g/mol. The molecule has 1 aliphatic heterocycles. The predicted molar refractivity (Wildman–Crippen MR) is 140 cm³/mol. The highest BCUT2D eigenvalue weighted by atomic mass is 16.5. The molecular formula is C28H32N2O7. The molecule has 0 fully saturated rings. The molecule has 0 saturated heterocycles. The third-order valence-electron chi connectivity index (χ3n) is 6.51. The summed E-state index contributed by atoms with van der Waals surface area (Å²) in [6.07, 6.45) is 0.645. The minimum atomic E-state index is -0.424. The lowest BCUT2D eigenvalue weighted by molar-refractivity contribution is 0.193. The van der Waals surface area contributed by atoms with Crippen LogP contribution in [0, 0.1) is 0 Å². The molecule has 2 amide bonds. The molecule has 3 aromatic rings. The van der Waals surface area contributed by atoms with Gasteiger partial charge >= 0.3 is 6.03 Å². The normalized spacial score (nSPS) is 14.3. The number of urea groups is 1. The molecule has 0 radical (unpaired) electrons. The van der Waals surface area contributed by atoms with Crippen molar-refractivity contribution < 1.29 is 33.2 Å². The molecule has 0 aromatic heterocycles. The zero-order chi connectivity index (χ0) is 26.5. The number of methoxy groups -OCH3 is 6. The van der Waals surface area contributed by atoms with E-state index >= 15 is 0 Å². The fourth-order valence-electron chi connectivity index (χ4n) is 4.64. The van der Waals surface area contributed by atoms with E-state index in [0.717, 1.165) is 16.7 Å². The second-order valence-electron chi connectivity index (χ2n) is 8.36. The first-order valence-electron chi connectivity index (χ1n) is 11.7. The molecule has 37 heavy (non-hydrogen) atoms. The Morgan fingerprint density at radius 2 is 1.38 bits per heavy atom. The number of rotatable bonds is 8. The van der Waals surface area contributed by atoms with Crippen LogP contribution in [0.5, 0.6) is 34.5 Å². The summed E-state index contributed by atoms with van der Waals surface area (Å²) in [5, 5.41) is 3.01. The zero-order valence-corrected chi connectivity index (χ0v) is 21.9. The third kappa shape index (κ3) is 5.02. The van der Waals surface area contributed by atoms with Gasteiger partial charge in [-0.2, -0.15) is 0 Å². The highest BCUT2D eigenvalue weighted by Gasteiger charge is 2.34. The Kier molecular flexibility index (Phi) is 7.81. The van der Waals surface area contributed by atoms with Gasteiger partial charge in [0.2, 0.25) is 0 Å². The number of ether oxygens (including phenoxy) is 6. The molecule has 1 heterocycles. The summed E-state index contributed by atoms with van der Waals surface area (Å²) in [5.74, 6) is 3.54. The molecular weight excluding hydrogens is 476 g/mol. The summed E-state index contributed by atoms with van der Waals surface area (Å²) in [7, 11) is 9.51. The molecule has 9 heteroatoms. The molecule has 0 unspecified atom stereocenters. The van der Waals surface area contributed by atoms with Crippen molar-refractivity contribution >= 4 is 11.7 Å². The molecule has 1 atom stereocenters. The van der Waals surface area contributed by atoms with Crippen molar-refractivity contribution in [3.05, 3.63) is 65.2 Å². The van der Waals surface area contributed by atoms with Gasteiger partial charge in [-0.3, -0.25) is 0 Å². The number of hydrogen-bond acceptors (Lipinski definition) is 7. The largest absolute Gasteiger partial charge is 0.497 e. The van der Waals surface area contributed by atoms with Gasteiger partial charge in [0.1, 0.15) is 11.5 Å². The number of fused-ring (bicyclic) bond motifs is 1. The van der Waals surface area contributed by atoms with Crippen molar-refractivity contribution in [2.75, 3.05) is 54.5 Å². The van der Waals surface area contributed by atoms with Crippen LogP contribution in [-0.2, 0) is 6.42 Å². The van der Waals surface area contributed by atoms with Crippen LogP contribution < -0.4 is 33.7 Å². The number of hydrogen-bond donors (Lipinski definition) is 1. The number of carbonyl (C=O) groups is 1. The van der Waals surface area contributed by atoms with E-state index in [9.17, 15) is 4.79 Å². The van der Waals surface area contributed by atoms with E-state index in [1.807, 2.05) is 30.3 Å². The molecule has 3 aromatic carbocycles. The van der Waals surface area contributed by atoms with E-state index in [0.29, 0.717) is 53.2 Å². The van der Waals surface area contributed by atoms with Crippen LogP contribution in [0.15, 0.2) is 48.5 Å². The van der Waals surface area contributed by atoms with Crippen molar-refractivity contribution in [1.82, 2.24) is 4.90 Å². The minimum absolute atomic E-state index is 0.274. The fraction of sp³-hybridized carbons (Fsp3) is 0.321. The molecule has 0 saturated carbocycles. The quantitative estimate of drug-likeness (QED) is 0.462. The summed E-state index contributed by atoms with van der Waals surface area (Å²) in [4.78, 5) is 15.5. The second-order valence-corrected chi connectivity index (χ2v) is 8.36. The fourth-order valence-corrected chi connectivity index (χ4v) is 4.64. The second kappa shape index (κ2) is 11.2. The summed E-state index contributed by atoms with van der Waals surface area (Å²) in [6.45, 7) is 0.478.